The largest absolute Gasteiger partial charge is 0.462 e. The molecule has 0 heterocycles. The molecule has 0 aromatic carbocycles. The third-order valence-corrected chi connectivity index (χ3v) is 8.24. The minimum atomic E-state index is -0.761. The summed E-state index contributed by atoms with van der Waals surface area (Å²) in [6.07, 6.45) is 34.7. The molecule has 0 bridgehead atoms. The molecule has 0 spiro atoms. The SMILES string of the molecule is CCCCCCCC/C=C/CCCCCCCC(=O)OC(COC(=O)CCC)COC(=O)CCCCCCCCCCCCC. The normalized spacial score (nSPS) is 12.0. The molecule has 0 aliphatic rings. The first-order valence-electron chi connectivity index (χ1n) is 19.2. The minimum Gasteiger partial charge on any atom is -0.462 e. The Bertz CT molecular complexity index is 704. The zero-order chi connectivity index (χ0) is 33.1. The second kappa shape index (κ2) is 35.0. The Balaban J connectivity index is 4.04. The highest BCUT2D eigenvalue weighted by molar-refractivity contribution is 5.71. The first-order valence-corrected chi connectivity index (χ1v) is 19.2. The summed E-state index contributed by atoms with van der Waals surface area (Å²) in [5, 5.41) is 0. The van der Waals surface area contributed by atoms with Gasteiger partial charge in [0.15, 0.2) is 6.10 Å². The summed E-state index contributed by atoms with van der Waals surface area (Å²) < 4.78 is 16.2. The molecule has 264 valence electrons. The molecule has 1 atom stereocenters. The third kappa shape index (κ3) is 33.3. The Kier molecular flexibility index (Phi) is 33.6. The molecule has 0 fully saturated rings. The fourth-order valence-electron chi connectivity index (χ4n) is 5.35. The third-order valence-electron chi connectivity index (χ3n) is 8.24. The number of ether oxygens (including phenoxy) is 3. The number of carbonyl (C=O) groups excluding carboxylic acids is 3. The maximum atomic E-state index is 12.5. The van der Waals surface area contributed by atoms with Crippen molar-refractivity contribution < 1.29 is 28.6 Å². The average molecular weight is 637 g/mol. The van der Waals surface area contributed by atoms with Gasteiger partial charge in [0.2, 0.25) is 0 Å². The smallest absolute Gasteiger partial charge is 0.306 e. The number of rotatable bonds is 34. The van der Waals surface area contributed by atoms with Gasteiger partial charge in [-0.1, -0.05) is 148 Å². The van der Waals surface area contributed by atoms with Crippen molar-refractivity contribution in [3.8, 4) is 0 Å². The van der Waals surface area contributed by atoms with Crippen molar-refractivity contribution in [1.29, 1.82) is 0 Å². The molecular weight excluding hydrogens is 564 g/mol. The van der Waals surface area contributed by atoms with Gasteiger partial charge in [-0.05, 0) is 44.9 Å². The molecule has 0 aliphatic carbocycles. The lowest BCUT2D eigenvalue weighted by molar-refractivity contribution is -0.167. The van der Waals surface area contributed by atoms with Crippen LogP contribution < -0.4 is 0 Å². The van der Waals surface area contributed by atoms with Crippen LogP contribution in [0.3, 0.4) is 0 Å². The molecular formula is C39H72O6. The van der Waals surface area contributed by atoms with Crippen molar-refractivity contribution in [1.82, 2.24) is 0 Å². The summed E-state index contributed by atoms with van der Waals surface area (Å²) in [5.74, 6) is -0.946. The Morgan fingerprint density at radius 3 is 1.20 bits per heavy atom. The van der Waals surface area contributed by atoms with Crippen LogP contribution in [0, 0.1) is 0 Å². The quantitative estimate of drug-likeness (QED) is 0.0303. The Labute approximate surface area is 278 Å². The number of carbonyl (C=O) groups is 3. The van der Waals surface area contributed by atoms with E-state index in [0.717, 1.165) is 44.9 Å². The fraction of sp³-hybridized carbons (Fsp3) is 0.872. The Hall–Kier alpha value is -1.85. The van der Waals surface area contributed by atoms with Crippen LogP contribution in [0.2, 0.25) is 0 Å². The summed E-state index contributed by atoms with van der Waals surface area (Å²) in [4.78, 5) is 36.6. The Morgan fingerprint density at radius 2 is 0.778 bits per heavy atom. The van der Waals surface area contributed by atoms with Crippen molar-refractivity contribution in [3.63, 3.8) is 0 Å². The van der Waals surface area contributed by atoms with Gasteiger partial charge in [-0.25, -0.2) is 0 Å². The Morgan fingerprint density at radius 1 is 0.422 bits per heavy atom. The summed E-state index contributed by atoms with van der Waals surface area (Å²) in [7, 11) is 0. The van der Waals surface area contributed by atoms with E-state index in [0.29, 0.717) is 25.7 Å². The van der Waals surface area contributed by atoms with Gasteiger partial charge in [-0.2, -0.15) is 0 Å². The predicted molar refractivity (Wildman–Crippen MR) is 187 cm³/mol. The zero-order valence-corrected chi connectivity index (χ0v) is 29.9. The van der Waals surface area contributed by atoms with Crippen LogP contribution in [-0.2, 0) is 28.6 Å². The lowest BCUT2D eigenvalue weighted by Crippen LogP contribution is -2.30. The second-order valence-corrected chi connectivity index (χ2v) is 12.8. The molecule has 1 unspecified atom stereocenters. The van der Waals surface area contributed by atoms with E-state index < -0.39 is 6.10 Å². The van der Waals surface area contributed by atoms with Crippen molar-refractivity contribution in [3.05, 3.63) is 12.2 Å². The molecule has 0 amide bonds. The highest BCUT2D eigenvalue weighted by Crippen LogP contribution is 2.13. The van der Waals surface area contributed by atoms with Crippen LogP contribution in [0.1, 0.15) is 201 Å². The average Bonchev–Trinajstić information content (AvgIpc) is 3.03. The van der Waals surface area contributed by atoms with Gasteiger partial charge in [-0.3, -0.25) is 14.4 Å². The lowest BCUT2D eigenvalue weighted by atomic mass is 10.1. The number of hydrogen-bond acceptors (Lipinski definition) is 6. The van der Waals surface area contributed by atoms with Crippen LogP contribution in [0.4, 0.5) is 0 Å². The van der Waals surface area contributed by atoms with Crippen LogP contribution in [-0.4, -0.2) is 37.2 Å². The first-order chi connectivity index (χ1) is 22.0. The molecule has 0 radical (unpaired) electrons. The maximum absolute atomic E-state index is 12.5. The van der Waals surface area contributed by atoms with E-state index in [4.69, 9.17) is 14.2 Å². The van der Waals surface area contributed by atoms with Crippen LogP contribution in [0.15, 0.2) is 12.2 Å². The highest BCUT2D eigenvalue weighted by atomic mass is 16.6. The van der Waals surface area contributed by atoms with Gasteiger partial charge in [0.25, 0.3) is 0 Å². The van der Waals surface area contributed by atoms with Crippen molar-refractivity contribution >= 4 is 17.9 Å². The van der Waals surface area contributed by atoms with Gasteiger partial charge >= 0.3 is 17.9 Å². The monoisotopic (exact) mass is 637 g/mol. The summed E-state index contributed by atoms with van der Waals surface area (Å²) in [6, 6.07) is 0. The number of esters is 3. The molecule has 0 aromatic rings. The number of allylic oxidation sites excluding steroid dienone is 2. The van der Waals surface area contributed by atoms with Crippen LogP contribution in [0.5, 0.6) is 0 Å². The summed E-state index contributed by atoms with van der Waals surface area (Å²) >= 11 is 0. The molecule has 0 rings (SSSR count). The van der Waals surface area contributed by atoms with E-state index >= 15 is 0 Å². The first kappa shape index (κ1) is 43.1. The minimum absolute atomic E-state index is 0.0750. The van der Waals surface area contributed by atoms with Crippen LogP contribution >= 0.6 is 0 Å². The number of unbranched alkanes of at least 4 members (excludes halogenated alkanes) is 21. The fourth-order valence-corrected chi connectivity index (χ4v) is 5.35. The van der Waals surface area contributed by atoms with Gasteiger partial charge in [0.05, 0.1) is 0 Å². The van der Waals surface area contributed by atoms with E-state index in [1.807, 2.05) is 6.92 Å². The van der Waals surface area contributed by atoms with Gasteiger partial charge in [-0.15, -0.1) is 0 Å². The molecule has 6 nitrogen and oxygen atoms in total. The summed E-state index contributed by atoms with van der Waals surface area (Å²) in [6.45, 7) is 6.25. The van der Waals surface area contributed by atoms with E-state index in [2.05, 4.69) is 26.0 Å². The molecule has 0 aromatic heterocycles. The molecule has 45 heavy (non-hydrogen) atoms. The van der Waals surface area contributed by atoms with Crippen molar-refractivity contribution in [2.45, 2.75) is 207 Å². The number of hydrogen-bond donors (Lipinski definition) is 0. The van der Waals surface area contributed by atoms with E-state index in [1.54, 1.807) is 0 Å². The van der Waals surface area contributed by atoms with E-state index in [-0.39, 0.29) is 31.1 Å². The van der Waals surface area contributed by atoms with Crippen molar-refractivity contribution in [2.75, 3.05) is 13.2 Å². The van der Waals surface area contributed by atoms with Crippen molar-refractivity contribution in [2.24, 2.45) is 0 Å². The molecule has 0 aliphatic heterocycles. The van der Waals surface area contributed by atoms with Crippen LogP contribution in [0.25, 0.3) is 0 Å². The molecule has 0 N–H and O–H groups in total. The van der Waals surface area contributed by atoms with E-state index in [1.165, 1.54) is 109 Å². The molecule has 6 heteroatoms. The molecule has 0 saturated carbocycles. The maximum Gasteiger partial charge on any atom is 0.306 e. The van der Waals surface area contributed by atoms with Gasteiger partial charge in [0.1, 0.15) is 13.2 Å². The summed E-state index contributed by atoms with van der Waals surface area (Å²) in [5.41, 5.74) is 0. The van der Waals surface area contributed by atoms with Gasteiger partial charge in [0, 0.05) is 19.3 Å². The zero-order valence-electron chi connectivity index (χ0n) is 29.9. The molecule has 0 saturated heterocycles. The lowest BCUT2D eigenvalue weighted by Gasteiger charge is -2.18. The second-order valence-electron chi connectivity index (χ2n) is 12.8. The topological polar surface area (TPSA) is 78.9 Å². The van der Waals surface area contributed by atoms with E-state index in [9.17, 15) is 14.4 Å². The van der Waals surface area contributed by atoms with Gasteiger partial charge < -0.3 is 14.2 Å². The standard InChI is InChI=1S/C39H72O6/c1-4-7-9-11-13-15-17-18-19-20-22-24-26-28-30-33-39(42)45-36(34-43-37(40)31-6-3)35-44-38(41)32-29-27-25-23-21-16-14-12-10-8-5-2/h18-19,36H,4-17,20-35H2,1-3H3/b19-18+. The highest BCUT2D eigenvalue weighted by Gasteiger charge is 2.19. The predicted octanol–water partition coefficient (Wildman–Crippen LogP) is 11.5.